The Labute approximate surface area is 89.1 Å². The zero-order valence-corrected chi connectivity index (χ0v) is 9.94. The molecule has 0 aliphatic heterocycles. The third kappa shape index (κ3) is 3.63. The van der Waals surface area contributed by atoms with Crippen LogP contribution in [-0.4, -0.2) is 13.4 Å². The first kappa shape index (κ1) is 12.1. The second kappa shape index (κ2) is 3.86. The summed E-state index contributed by atoms with van der Waals surface area (Å²) in [5.74, 6) is 0.824. The van der Waals surface area contributed by atoms with Gasteiger partial charge in [-0.2, -0.15) is 0 Å². The molecular weight excluding hydrogens is 174 g/mol. The van der Waals surface area contributed by atoms with Crippen LogP contribution in [-0.2, 0) is 0 Å². The molecule has 1 saturated carbocycles. The Morgan fingerprint density at radius 2 is 1.71 bits per heavy atom. The molecule has 1 fully saturated rings. The van der Waals surface area contributed by atoms with Crippen LogP contribution in [0.4, 0.5) is 4.39 Å². The Bertz CT molecular complexity index is 179. The smallest absolute Gasteiger partial charge is 0.121 e. The fourth-order valence-electron chi connectivity index (χ4n) is 2.07. The molecule has 0 saturated heterocycles. The van der Waals surface area contributed by atoms with Gasteiger partial charge in [-0.3, -0.25) is 4.39 Å². The molecule has 0 bridgehead atoms. The highest BCUT2D eigenvalue weighted by Gasteiger charge is 2.39. The van der Waals surface area contributed by atoms with Crippen molar-refractivity contribution in [1.29, 1.82) is 0 Å². The molecular formula is C12H22BF. The first-order chi connectivity index (χ1) is 6.18. The zero-order chi connectivity index (χ0) is 11.0. The average Bonchev–Trinajstić information content (AvgIpc) is 1.76. The highest BCUT2D eigenvalue weighted by molar-refractivity contribution is 6.14. The normalized spacial score (nSPS) is 32.1. The summed E-state index contributed by atoms with van der Waals surface area (Å²) in [5, 5.41) is 0. The van der Waals surface area contributed by atoms with Crippen LogP contribution in [0.2, 0.25) is 0 Å². The van der Waals surface area contributed by atoms with Gasteiger partial charge in [-0.25, -0.2) is 0 Å². The molecule has 2 radical (unpaired) electrons. The van der Waals surface area contributed by atoms with Crippen molar-refractivity contribution in [2.24, 2.45) is 17.3 Å². The van der Waals surface area contributed by atoms with Crippen molar-refractivity contribution in [2.45, 2.75) is 58.9 Å². The minimum Gasteiger partial charge on any atom is -0.255 e. The Kier molecular flexibility index (Phi) is 3.33. The molecule has 1 rings (SSSR count). The largest absolute Gasteiger partial charge is 0.255 e. The van der Waals surface area contributed by atoms with E-state index in [1.165, 1.54) is 19.8 Å². The fourth-order valence-corrected chi connectivity index (χ4v) is 2.07. The van der Waals surface area contributed by atoms with Crippen LogP contribution in [0.15, 0.2) is 0 Å². The Morgan fingerprint density at radius 3 is 2.07 bits per heavy atom. The summed E-state index contributed by atoms with van der Waals surface area (Å²) in [4.78, 5) is 0. The van der Waals surface area contributed by atoms with Crippen LogP contribution in [0.1, 0.15) is 53.4 Å². The van der Waals surface area contributed by atoms with Gasteiger partial charge in [0.2, 0.25) is 0 Å². The highest BCUT2D eigenvalue weighted by Crippen LogP contribution is 2.44. The van der Waals surface area contributed by atoms with Gasteiger partial charge in [-0.05, 0) is 49.9 Å². The number of halogens is 1. The summed E-state index contributed by atoms with van der Waals surface area (Å²) >= 11 is 0. The second-order valence-corrected chi connectivity index (χ2v) is 6.28. The topological polar surface area (TPSA) is 0 Å². The predicted octanol–water partition coefficient (Wildman–Crippen LogP) is 3.69. The lowest BCUT2D eigenvalue weighted by Crippen LogP contribution is -2.40. The number of alkyl halides is 1. The first-order valence-electron chi connectivity index (χ1n) is 5.66. The van der Waals surface area contributed by atoms with Gasteiger partial charge in [-0.1, -0.05) is 20.8 Å². The summed E-state index contributed by atoms with van der Waals surface area (Å²) in [6, 6.07) is 0. The van der Waals surface area contributed by atoms with Gasteiger partial charge in [-0.15, -0.1) is 0 Å². The van der Waals surface area contributed by atoms with Crippen molar-refractivity contribution in [3.05, 3.63) is 0 Å². The van der Waals surface area contributed by atoms with E-state index >= 15 is 0 Å². The molecule has 0 amide bonds. The molecule has 1 atom stereocenters. The van der Waals surface area contributed by atoms with Crippen molar-refractivity contribution >= 4 is 7.85 Å². The van der Waals surface area contributed by atoms with Crippen LogP contribution in [0.5, 0.6) is 0 Å². The van der Waals surface area contributed by atoms with Gasteiger partial charge in [0, 0.05) is 0 Å². The van der Waals surface area contributed by atoms with E-state index < -0.39 is 5.57 Å². The minimum absolute atomic E-state index is 0.104. The van der Waals surface area contributed by atoms with Crippen molar-refractivity contribution in [3.8, 4) is 0 Å². The van der Waals surface area contributed by atoms with E-state index in [4.69, 9.17) is 7.85 Å². The molecule has 0 N–H and O–H groups in total. The summed E-state index contributed by atoms with van der Waals surface area (Å²) < 4.78 is 13.3. The Balaban J connectivity index is 2.17. The summed E-state index contributed by atoms with van der Waals surface area (Å²) in [5.41, 5.74) is -1.04. The van der Waals surface area contributed by atoms with Crippen molar-refractivity contribution < 1.29 is 4.39 Å². The van der Waals surface area contributed by atoms with E-state index in [-0.39, 0.29) is 5.92 Å². The fraction of sp³-hybridized carbons (Fsp3) is 1.00. The molecule has 0 aromatic carbocycles. The molecule has 0 spiro atoms. The van der Waals surface area contributed by atoms with Crippen LogP contribution < -0.4 is 0 Å². The number of hydrogen-bond donors (Lipinski definition) is 0. The predicted molar refractivity (Wildman–Crippen MR) is 60.2 cm³/mol. The second-order valence-electron chi connectivity index (χ2n) is 6.28. The van der Waals surface area contributed by atoms with Gasteiger partial charge in [0.15, 0.2) is 0 Å². The van der Waals surface area contributed by atoms with Crippen LogP contribution >= 0.6 is 0 Å². The van der Waals surface area contributed by atoms with E-state index in [0.29, 0.717) is 5.41 Å². The average molecular weight is 196 g/mol. The molecule has 0 aromatic heterocycles. The molecule has 1 aliphatic carbocycles. The maximum absolute atomic E-state index is 13.3. The van der Waals surface area contributed by atoms with Gasteiger partial charge in [0.25, 0.3) is 0 Å². The van der Waals surface area contributed by atoms with Crippen LogP contribution in [0.3, 0.4) is 0 Å². The lowest BCUT2D eigenvalue weighted by atomic mass is 9.59. The molecule has 80 valence electrons. The van der Waals surface area contributed by atoms with Crippen molar-refractivity contribution in [1.82, 2.24) is 0 Å². The highest BCUT2D eigenvalue weighted by atomic mass is 19.1. The summed E-state index contributed by atoms with van der Waals surface area (Å²) in [6.07, 6.45) is 4.44. The lowest BCUT2D eigenvalue weighted by molar-refractivity contribution is 0.0616. The molecule has 1 aliphatic rings. The maximum atomic E-state index is 13.3. The lowest BCUT2D eigenvalue weighted by Gasteiger charge is -2.42. The Morgan fingerprint density at radius 1 is 1.21 bits per heavy atom. The van der Waals surface area contributed by atoms with Gasteiger partial charge in [0.05, 0.1) is 5.57 Å². The third-order valence-electron chi connectivity index (χ3n) is 3.34. The standard InChI is InChI=1S/C12H22BF/c1-11(2,3)6-5-9-7-10(8-9)12(4,13)14/h9-10H,5-8H2,1-4H3. The summed E-state index contributed by atoms with van der Waals surface area (Å²) in [6.45, 7) is 8.26. The quantitative estimate of drug-likeness (QED) is 0.604. The molecule has 14 heavy (non-hydrogen) atoms. The first-order valence-corrected chi connectivity index (χ1v) is 5.66. The molecule has 0 heterocycles. The van der Waals surface area contributed by atoms with E-state index in [1.54, 1.807) is 0 Å². The number of rotatable bonds is 3. The molecule has 0 aromatic rings. The number of hydrogen-bond acceptors (Lipinski definition) is 0. The minimum atomic E-state index is -1.45. The van der Waals surface area contributed by atoms with E-state index in [9.17, 15) is 4.39 Å². The molecule has 1 unspecified atom stereocenters. The van der Waals surface area contributed by atoms with Gasteiger partial charge in [0.1, 0.15) is 7.85 Å². The SMILES string of the molecule is [B]C(C)(F)C1CC(CCC(C)(C)C)C1. The van der Waals surface area contributed by atoms with E-state index in [1.807, 2.05) is 0 Å². The molecule has 0 nitrogen and oxygen atoms in total. The van der Waals surface area contributed by atoms with Crippen molar-refractivity contribution in [2.75, 3.05) is 0 Å². The van der Waals surface area contributed by atoms with E-state index in [0.717, 1.165) is 18.8 Å². The van der Waals surface area contributed by atoms with Gasteiger partial charge < -0.3 is 0 Å². The van der Waals surface area contributed by atoms with Crippen molar-refractivity contribution in [3.63, 3.8) is 0 Å². The van der Waals surface area contributed by atoms with E-state index in [2.05, 4.69) is 20.8 Å². The monoisotopic (exact) mass is 196 g/mol. The van der Waals surface area contributed by atoms with Gasteiger partial charge >= 0.3 is 0 Å². The summed E-state index contributed by atoms with van der Waals surface area (Å²) in [7, 11) is 5.42. The maximum Gasteiger partial charge on any atom is 0.121 e. The molecule has 2 heteroatoms. The van der Waals surface area contributed by atoms with Crippen LogP contribution in [0, 0.1) is 17.3 Å². The zero-order valence-electron chi connectivity index (χ0n) is 9.94. The van der Waals surface area contributed by atoms with Crippen LogP contribution in [0.25, 0.3) is 0 Å². The Hall–Kier alpha value is -0.00506. The third-order valence-corrected chi connectivity index (χ3v) is 3.34.